The Bertz CT molecular complexity index is 1230. The molecule has 1 aromatic carbocycles. The lowest BCUT2D eigenvalue weighted by atomic mass is 9.87. The summed E-state index contributed by atoms with van der Waals surface area (Å²) < 4.78 is 95.5. The molecule has 0 amide bonds. The molecule has 2 unspecified atom stereocenters. The summed E-state index contributed by atoms with van der Waals surface area (Å²) in [6, 6.07) is -2.53. The largest absolute Gasteiger partial charge is 0.402 e. The highest BCUT2D eigenvalue weighted by Crippen LogP contribution is 2.45. The van der Waals surface area contributed by atoms with Crippen LogP contribution in [0.3, 0.4) is 0 Å². The van der Waals surface area contributed by atoms with Crippen LogP contribution in [-0.2, 0) is 0 Å². The number of aryl methyl sites for hydroxylation is 1. The molecule has 1 aromatic heterocycles. The summed E-state index contributed by atoms with van der Waals surface area (Å²) in [5.74, 6) is -6.00. The van der Waals surface area contributed by atoms with Crippen LogP contribution in [0.15, 0.2) is 9.59 Å². The van der Waals surface area contributed by atoms with E-state index >= 15 is 4.39 Å². The van der Waals surface area contributed by atoms with Crippen molar-refractivity contribution in [3.63, 3.8) is 0 Å². The first-order chi connectivity index (χ1) is 15.6. The minimum Gasteiger partial charge on any atom is -0.396 e. The van der Waals surface area contributed by atoms with E-state index in [0.29, 0.717) is 12.8 Å². The number of hydrogen-bond acceptors (Lipinski definition) is 5. The van der Waals surface area contributed by atoms with Gasteiger partial charge < -0.3 is 16.4 Å². The Hall–Kier alpha value is -2.77. The van der Waals surface area contributed by atoms with Gasteiger partial charge in [0.1, 0.15) is 0 Å². The number of hydrogen-bond donors (Lipinski definition) is 3. The second-order valence-corrected chi connectivity index (χ2v) is 8.92. The van der Waals surface area contributed by atoms with E-state index in [9.17, 15) is 35.9 Å². The number of aromatic amines is 1. The highest BCUT2D eigenvalue weighted by molar-refractivity contribution is 5.97. The average Bonchev–Trinajstić information content (AvgIpc) is 3.39. The van der Waals surface area contributed by atoms with Gasteiger partial charge in [-0.25, -0.2) is 9.18 Å². The van der Waals surface area contributed by atoms with Gasteiger partial charge in [-0.05, 0) is 32.1 Å². The van der Waals surface area contributed by atoms with Crippen molar-refractivity contribution in [3.05, 3.63) is 32.2 Å². The number of halogens is 7. The predicted octanol–water partition coefficient (Wildman–Crippen LogP) is 2.95. The van der Waals surface area contributed by atoms with Gasteiger partial charge in [-0.1, -0.05) is 0 Å². The van der Waals surface area contributed by atoms with Crippen molar-refractivity contribution in [2.75, 3.05) is 23.7 Å². The molecule has 1 saturated heterocycles. The van der Waals surface area contributed by atoms with E-state index in [0.717, 1.165) is 0 Å². The average molecular weight is 497 g/mol. The molecule has 14 heteroatoms. The summed E-state index contributed by atoms with van der Waals surface area (Å²) in [7, 11) is 0. The summed E-state index contributed by atoms with van der Waals surface area (Å²) in [4.78, 5) is 28.2. The number of nitrogens with zero attached hydrogens (tertiary/aromatic N) is 2. The summed E-state index contributed by atoms with van der Waals surface area (Å²) in [5.41, 5.74) is 9.29. The minimum atomic E-state index is -5.60. The topological polar surface area (TPSA) is 110 Å². The Morgan fingerprint density at radius 1 is 1.06 bits per heavy atom. The number of alkyl halides is 6. The Morgan fingerprint density at radius 3 is 2.18 bits per heavy atom. The number of anilines is 2. The normalized spacial score (nSPS) is 20.5. The van der Waals surface area contributed by atoms with Gasteiger partial charge >= 0.3 is 18.0 Å². The first kappa shape index (κ1) is 24.4. The second kappa shape index (κ2) is 7.89. The number of nitrogens with two attached hydrogens (primary N) is 2. The summed E-state index contributed by atoms with van der Waals surface area (Å²) >= 11 is 0. The van der Waals surface area contributed by atoms with Gasteiger partial charge in [0.15, 0.2) is 11.7 Å². The number of fused-ring (bicyclic) bond motifs is 1. The number of aromatic nitrogens is 2. The molecule has 4 rings (SSSR count). The van der Waals surface area contributed by atoms with Crippen LogP contribution < -0.4 is 27.6 Å². The number of H-pyrrole nitrogens is 1. The number of nitrogens with one attached hydrogen (secondary N) is 1. The van der Waals surface area contributed by atoms with Crippen LogP contribution in [0.5, 0.6) is 0 Å². The smallest absolute Gasteiger partial charge is 0.396 e. The number of nitrogen functional groups attached to an aromatic ring is 1. The van der Waals surface area contributed by atoms with Gasteiger partial charge in [0.2, 0.25) is 0 Å². The number of benzene rings is 1. The molecule has 2 aliphatic rings. The Kier molecular flexibility index (Phi) is 5.65. The number of rotatable bonds is 4. The molecule has 5 N–H and O–H groups in total. The first-order valence-corrected chi connectivity index (χ1v) is 10.5. The van der Waals surface area contributed by atoms with Crippen molar-refractivity contribution in [1.82, 2.24) is 9.55 Å². The Balaban J connectivity index is 1.78. The lowest BCUT2D eigenvalue weighted by molar-refractivity contribution is -0.292. The molecule has 2 heterocycles. The molecular weight excluding hydrogens is 475 g/mol. The molecule has 0 bridgehead atoms. The molecule has 2 atom stereocenters. The van der Waals surface area contributed by atoms with Crippen molar-refractivity contribution in [2.24, 2.45) is 17.6 Å². The maximum absolute atomic E-state index is 15.3. The van der Waals surface area contributed by atoms with E-state index in [1.54, 1.807) is 0 Å². The Labute approximate surface area is 187 Å². The van der Waals surface area contributed by atoms with E-state index in [1.807, 2.05) is 0 Å². The second-order valence-electron chi connectivity index (χ2n) is 8.92. The molecule has 2 fully saturated rings. The van der Waals surface area contributed by atoms with Crippen molar-refractivity contribution >= 4 is 22.3 Å². The van der Waals surface area contributed by atoms with Gasteiger partial charge in [0.25, 0.3) is 5.56 Å². The molecule has 2 aromatic rings. The zero-order valence-corrected chi connectivity index (χ0v) is 17.9. The molecule has 34 heavy (non-hydrogen) atoms. The van der Waals surface area contributed by atoms with Crippen molar-refractivity contribution in [2.45, 2.75) is 50.6 Å². The van der Waals surface area contributed by atoms with Crippen LogP contribution >= 0.6 is 0 Å². The molecular formula is C20H22F7N5O2. The van der Waals surface area contributed by atoms with Gasteiger partial charge in [0, 0.05) is 30.7 Å². The van der Waals surface area contributed by atoms with Gasteiger partial charge in [-0.2, -0.15) is 26.3 Å². The highest BCUT2D eigenvalue weighted by Gasteiger charge is 2.61. The third kappa shape index (κ3) is 3.91. The van der Waals surface area contributed by atoms with E-state index in [4.69, 9.17) is 11.5 Å². The monoisotopic (exact) mass is 497 g/mol. The van der Waals surface area contributed by atoms with Crippen LogP contribution in [0, 0.1) is 24.6 Å². The van der Waals surface area contributed by atoms with Crippen LogP contribution in [-0.4, -0.2) is 41.0 Å². The predicted molar refractivity (Wildman–Crippen MR) is 110 cm³/mol. The molecule has 1 aliphatic carbocycles. The van der Waals surface area contributed by atoms with Crippen molar-refractivity contribution in [3.8, 4) is 0 Å². The van der Waals surface area contributed by atoms with Crippen LogP contribution in [0.1, 0.15) is 30.9 Å². The van der Waals surface area contributed by atoms with E-state index in [1.165, 1.54) is 16.4 Å². The SMILES string of the molecule is Cc1c(N2CCC(C(N)C(C(F)(F)F)C(F)(F)F)C2)c(F)c(N)c2c(=O)[nH]c(=O)n(C3CC3)c12. The maximum atomic E-state index is 15.3. The van der Waals surface area contributed by atoms with Crippen molar-refractivity contribution in [1.29, 1.82) is 0 Å². The van der Waals surface area contributed by atoms with Gasteiger partial charge in [0.05, 0.1) is 22.3 Å². The zero-order valence-electron chi connectivity index (χ0n) is 17.9. The van der Waals surface area contributed by atoms with Crippen LogP contribution in [0.4, 0.5) is 42.1 Å². The van der Waals surface area contributed by atoms with E-state index < -0.39 is 53.0 Å². The zero-order chi connectivity index (χ0) is 25.3. The van der Waals surface area contributed by atoms with Crippen molar-refractivity contribution < 1.29 is 30.7 Å². The van der Waals surface area contributed by atoms with Gasteiger partial charge in [-0.3, -0.25) is 14.3 Å². The quantitative estimate of drug-likeness (QED) is 0.445. The fourth-order valence-electron chi connectivity index (χ4n) is 4.94. The molecule has 188 valence electrons. The highest BCUT2D eigenvalue weighted by atomic mass is 19.4. The van der Waals surface area contributed by atoms with Gasteiger partial charge in [-0.15, -0.1) is 0 Å². The first-order valence-electron chi connectivity index (χ1n) is 10.5. The third-order valence-electron chi connectivity index (χ3n) is 6.66. The fraction of sp³-hybridized carbons (Fsp3) is 0.600. The van der Waals surface area contributed by atoms with Crippen LogP contribution in [0.2, 0.25) is 0 Å². The lowest BCUT2D eigenvalue weighted by Crippen LogP contribution is -2.52. The van der Waals surface area contributed by atoms with Crippen LogP contribution in [0.25, 0.3) is 10.9 Å². The lowest BCUT2D eigenvalue weighted by Gasteiger charge is -2.32. The molecule has 1 aliphatic heterocycles. The molecule has 0 radical (unpaired) electrons. The standard InChI is InChI=1S/C20H22F7N5O2/c1-7-14-10(17(33)30-18(34)32(14)9-2-3-9)13(29)11(21)15(7)31-5-4-8(6-31)12(28)16(19(22,23)24)20(25,26)27/h8-9,12,16H,2-6,28-29H2,1H3,(H,30,33,34). The Morgan fingerprint density at radius 2 is 1.65 bits per heavy atom. The van der Waals surface area contributed by atoms with E-state index in [2.05, 4.69) is 4.98 Å². The molecule has 7 nitrogen and oxygen atoms in total. The third-order valence-corrected chi connectivity index (χ3v) is 6.66. The fourth-order valence-corrected chi connectivity index (χ4v) is 4.94. The summed E-state index contributed by atoms with van der Waals surface area (Å²) in [6.45, 7) is 0.961. The summed E-state index contributed by atoms with van der Waals surface area (Å²) in [6.07, 6.45) is -10.1. The maximum Gasteiger partial charge on any atom is 0.402 e. The summed E-state index contributed by atoms with van der Waals surface area (Å²) in [5, 5.41) is -0.230. The minimum absolute atomic E-state index is 0.0830. The van der Waals surface area contributed by atoms with E-state index in [-0.39, 0.29) is 47.7 Å². The molecule has 0 spiro atoms. The molecule has 1 saturated carbocycles.